The highest BCUT2D eigenvalue weighted by Gasteiger charge is 2.44. The second-order valence-corrected chi connectivity index (χ2v) is 8.92. The summed E-state index contributed by atoms with van der Waals surface area (Å²) in [5, 5.41) is 0. The van der Waals surface area contributed by atoms with Gasteiger partial charge < -0.3 is 4.90 Å². The van der Waals surface area contributed by atoms with Crippen LogP contribution in [0.2, 0.25) is 0 Å². The maximum atomic E-state index is 13.3. The van der Waals surface area contributed by atoms with Gasteiger partial charge in [-0.05, 0) is 32.1 Å². The van der Waals surface area contributed by atoms with E-state index in [1.807, 2.05) is 4.90 Å². The number of allylic oxidation sites excluding steroid dienone is 2. The summed E-state index contributed by atoms with van der Waals surface area (Å²) in [6.45, 7) is 2.02. The van der Waals surface area contributed by atoms with Crippen LogP contribution in [0.15, 0.2) is 34.9 Å². The Morgan fingerprint density at radius 1 is 0.731 bits per heavy atom. The van der Waals surface area contributed by atoms with Crippen LogP contribution in [-0.2, 0) is 10.0 Å². The first-order valence-electron chi connectivity index (χ1n) is 9.19. The van der Waals surface area contributed by atoms with Crippen LogP contribution in [0.4, 0.5) is 0 Å². The van der Waals surface area contributed by atoms with E-state index >= 15 is 0 Å². The van der Waals surface area contributed by atoms with E-state index in [-0.39, 0.29) is 21.9 Å². The molecule has 6 nitrogen and oxygen atoms in total. The lowest BCUT2D eigenvalue weighted by Gasteiger charge is -2.34. The van der Waals surface area contributed by atoms with E-state index in [1.165, 1.54) is 4.31 Å². The van der Waals surface area contributed by atoms with Gasteiger partial charge in [-0.15, -0.1) is 0 Å². The van der Waals surface area contributed by atoms with E-state index in [9.17, 15) is 18.0 Å². The number of piperidine rings is 1. The number of hydrogen-bond donors (Lipinski definition) is 0. The maximum Gasteiger partial charge on any atom is 0.249 e. The van der Waals surface area contributed by atoms with Crippen molar-refractivity contribution in [2.24, 2.45) is 0 Å². The summed E-state index contributed by atoms with van der Waals surface area (Å²) in [5.74, 6) is -0.896. The van der Waals surface area contributed by atoms with Crippen molar-refractivity contribution >= 4 is 21.6 Å². The molecule has 1 aromatic carbocycles. The number of fused-ring (bicyclic) bond motifs is 1. The monoisotopic (exact) mass is 374 g/mol. The molecule has 2 fully saturated rings. The molecular weight excluding hydrogens is 352 g/mol. The fourth-order valence-electron chi connectivity index (χ4n) is 4.04. The molecule has 3 aliphatic rings. The molecule has 2 aliphatic heterocycles. The number of ketones is 2. The number of nitrogens with zero attached hydrogens (tertiary/aromatic N) is 2. The summed E-state index contributed by atoms with van der Waals surface area (Å²) in [7, 11) is -3.98. The molecule has 0 atom stereocenters. The molecule has 26 heavy (non-hydrogen) atoms. The molecule has 4 rings (SSSR count). The quantitative estimate of drug-likeness (QED) is 0.811. The van der Waals surface area contributed by atoms with Crippen LogP contribution in [0.3, 0.4) is 0 Å². The number of sulfonamides is 1. The number of benzene rings is 1. The summed E-state index contributed by atoms with van der Waals surface area (Å²) in [5.41, 5.74) is 0.578. The summed E-state index contributed by atoms with van der Waals surface area (Å²) >= 11 is 0. The van der Waals surface area contributed by atoms with E-state index in [2.05, 4.69) is 0 Å². The van der Waals surface area contributed by atoms with Gasteiger partial charge in [-0.3, -0.25) is 9.59 Å². The zero-order valence-electron chi connectivity index (χ0n) is 14.6. The minimum absolute atomic E-state index is 0.0836. The highest BCUT2D eigenvalue weighted by atomic mass is 32.2. The van der Waals surface area contributed by atoms with Crippen molar-refractivity contribution in [3.05, 3.63) is 46.0 Å². The molecule has 0 aromatic heterocycles. The number of likely N-dealkylation sites (tertiary alicyclic amines) is 1. The van der Waals surface area contributed by atoms with Crippen LogP contribution in [0.5, 0.6) is 0 Å². The number of carbonyl (C=O) groups is 2. The highest BCUT2D eigenvalue weighted by molar-refractivity contribution is 7.94. The molecule has 0 unspecified atom stereocenters. The van der Waals surface area contributed by atoms with Gasteiger partial charge in [-0.1, -0.05) is 24.3 Å². The van der Waals surface area contributed by atoms with Gasteiger partial charge in [-0.2, -0.15) is 4.31 Å². The minimum Gasteiger partial charge on any atom is -0.367 e. The predicted octanol–water partition coefficient (Wildman–Crippen LogP) is 2.19. The average molecular weight is 374 g/mol. The molecule has 2 saturated heterocycles. The van der Waals surface area contributed by atoms with Crippen molar-refractivity contribution < 1.29 is 18.0 Å². The van der Waals surface area contributed by atoms with Gasteiger partial charge >= 0.3 is 0 Å². The Labute approximate surface area is 153 Å². The highest BCUT2D eigenvalue weighted by Crippen LogP contribution is 2.34. The van der Waals surface area contributed by atoms with Gasteiger partial charge in [0.1, 0.15) is 5.70 Å². The maximum absolute atomic E-state index is 13.3. The lowest BCUT2D eigenvalue weighted by molar-refractivity contribution is 0.0939. The SMILES string of the molecule is O=C1C(N2CCCCC2)=C(S(=O)(=O)N2CCCC2)C(=O)c2ccccc21. The molecule has 0 N–H and O–H groups in total. The summed E-state index contributed by atoms with van der Waals surface area (Å²) < 4.78 is 27.9. The predicted molar refractivity (Wildman–Crippen MR) is 97.3 cm³/mol. The van der Waals surface area contributed by atoms with Gasteiger partial charge in [0.2, 0.25) is 21.6 Å². The van der Waals surface area contributed by atoms with Crippen LogP contribution in [-0.4, -0.2) is 55.4 Å². The summed E-state index contributed by atoms with van der Waals surface area (Å²) in [4.78, 5) is 27.9. The van der Waals surface area contributed by atoms with Crippen LogP contribution >= 0.6 is 0 Å². The zero-order valence-corrected chi connectivity index (χ0v) is 15.4. The fourth-order valence-corrected chi connectivity index (χ4v) is 5.85. The Morgan fingerprint density at radius 3 is 1.88 bits per heavy atom. The Kier molecular flexibility index (Phi) is 4.44. The van der Waals surface area contributed by atoms with Gasteiger partial charge in [0, 0.05) is 37.3 Å². The minimum atomic E-state index is -3.98. The first-order valence-corrected chi connectivity index (χ1v) is 10.6. The number of rotatable bonds is 3. The first-order chi connectivity index (χ1) is 12.5. The van der Waals surface area contributed by atoms with Crippen molar-refractivity contribution in [3.63, 3.8) is 0 Å². The first kappa shape index (κ1) is 17.4. The second kappa shape index (κ2) is 6.63. The molecule has 0 bridgehead atoms. The lowest BCUT2D eigenvalue weighted by Crippen LogP contribution is -2.42. The van der Waals surface area contributed by atoms with E-state index in [0.717, 1.165) is 32.1 Å². The molecule has 1 aromatic rings. The van der Waals surface area contributed by atoms with E-state index < -0.39 is 15.8 Å². The van der Waals surface area contributed by atoms with Gasteiger partial charge in [0.05, 0.1) is 0 Å². The van der Waals surface area contributed by atoms with Gasteiger partial charge in [0.25, 0.3) is 0 Å². The Morgan fingerprint density at radius 2 is 1.27 bits per heavy atom. The average Bonchev–Trinajstić information content (AvgIpc) is 3.21. The molecule has 7 heteroatoms. The standard InChI is InChI=1S/C19H22N2O4S/c22-17-14-8-2-3-9-15(14)18(23)19(16(17)20-10-4-1-5-11-20)26(24,25)21-12-6-7-13-21/h2-3,8-9H,1,4-7,10-13H2. The topological polar surface area (TPSA) is 74.8 Å². The van der Waals surface area contributed by atoms with E-state index in [0.29, 0.717) is 31.7 Å². The third-order valence-electron chi connectivity index (χ3n) is 5.39. The number of hydrogen-bond acceptors (Lipinski definition) is 5. The van der Waals surface area contributed by atoms with Gasteiger partial charge in [0.15, 0.2) is 4.91 Å². The second-order valence-electron chi connectivity index (χ2n) is 7.04. The van der Waals surface area contributed by atoms with Crippen molar-refractivity contribution in [1.29, 1.82) is 0 Å². The summed E-state index contributed by atoms with van der Waals surface area (Å²) in [6.07, 6.45) is 4.40. The molecule has 2 heterocycles. The molecule has 1 aliphatic carbocycles. The van der Waals surface area contributed by atoms with Crippen molar-refractivity contribution in [2.75, 3.05) is 26.2 Å². The fraction of sp³-hybridized carbons (Fsp3) is 0.474. The third kappa shape index (κ3) is 2.70. The molecule has 0 amide bonds. The van der Waals surface area contributed by atoms with Crippen LogP contribution in [0.25, 0.3) is 0 Å². The normalized spacial score (nSPS) is 22.1. The van der Waals surface area contributed by atoms with Crippen molar-refractivity contribution in [3.8, 4) is 0 Å². The van der Waals surface area contributed by atoms with E-state index in [1.54, 1.807) is 24.3 Å². The van der Waals surface area contributed by atoms with Crippen LogP contribution < -0.4 is 0 Å². The largest absolute Gasteiger partial charge is 0.367 e. The third-order valence-corrected chi connectivity index (χ3v) is 7.33. The van der Waals surface area contributed by atoms with Gasteiger partial charge in [-0.25, -0.2) is 8.42 Å². The van der Waals surface area contributed by atoms with Crippen molar-refractivity contribution in [2.45, 2.75) is 32.1 Å². The summed E-state index contributed by atoms with van der Waals surface area (Å²) in [6, 6.07) is 6.52. The van der Waals surface area contributed by atoms with Crippen molar-refractivity contribution in [1.82, 2.24) is 9.21 Å². The smallest absolute Gasteiger partial charge is 0.249 e. The molecule has 0 radical (unpaired) electrons. The Bertz CT molecular complexity index is 892. The van der Waals surface area contributed by atoms with Crippen LogP contribution in [0.1, 0.15) is 52.8 Å². The van der Waals surface area contributed by atoms with E-state index in [4.69, 9.17) is 0 Å². The van der Waals surface area contributed by atoms with Crippen LogP contribution in [0, 0.1) is 0 Å². The molecular formula is C19H22N2O4S. The number of Topliss-reactive ketones (excluding diaryl/α,β-unsaturated/α-hetero) is 2. The molecule has 0 saturated carbocycles. The zero-order chi connectivity index (χ0) is 18.3. The molecule has 138 valence electrons. The Balaban J connectivity index is 1.91. The lowest BCUT2D eigenvalue weighted by atomic mass is 9.91. The Hall–Kier alpha value is -1.99. The molecule has 0 spiro atoms. The number of carbonyl (C=O) groups excluding carboxylic acids is 2.